The summed E-state index contributed by atoms with van der Waals surface area (Å²) in [7, 11) is 0. The number of nitrogens with zero attached hydrogens (tertiary/aromatic N) is 3. The van der Waals surface area contributed by atoms with Crippen LogP contribution in [0.1, 0.15) is 47.4 Å². The van der Waals surface area contributed by atoms with E-state index in [1.165, 1.54) is 6.20 Å². The van der Waals surface area contributed by atoms with Crippen molar-refractivity contribution < 1.29 is 9.59 Å². The highest BCUT2D eigenvalue weighted by molar-refractivity contribution is 5.92. The molecule has 1 aromatic carbocycles. The van der Waals surface area contributed by atoms with E-state index >= 15 is 0 Å². The molecule has 0 aliphatic carbocycles. The van der Waals surface area contributed by atoms with Gasteiger partial charge < -0.3 is 10.2 Å². The molecule has 4 rings (SSSR count). The molecule has 2 unspecified atom stereocenters. The maximum atomic E-state index is 12.8. The second-order valence-electron chi connectivity index (χ2n) is 7.53. The first-order valence-electron chi connectivity index (χ1n) is 9.55. The molecule has 6 heteroatoms. The third kappa shape index (κ3) is 3.84. The van der Waals surface area contributed by atoms with Crippen LogP contribution in [0.2, 0.25) is 0 Å². The zero-order valence-corrected chi connectivity index (χ0v) is 15.5. The molecule has 2 aliphatic rings. The molecular formula is C21H24N4O2. The van der Waals surface area contributed by atoms with Gasteiger partial charge in [0.05, 0.1) is 18.3 Å². The monoisotopic (exact) mass is 364 g/mol. The second kappa shape index (κ2) is 7.47. The van der Waals surface area contributed by atoms with Crippen molar-refractivity contribution in [3.63, 3.8) is 0 Å². The first kappa shape index (κ1) is 17.6. The Morgan fingerprint density at radius 2 is 1.78 bits per heavy atom. The molecule has 1 aromatic heterocycles. The van der Waals surface area contributed by atoms with E-state index in [1.807, 2.05) is 37.3 Å². The van der Waals surface area contributed by atoms with Crippen LogP contribution in [0.25, 0.3) is 0 Å². The molecule has 2 atom stereocenters. The Hall–Kier alpha value is -2.76. The van der Waals surface area contributed by atoms with Crippen molar-refractivity contribution in [1.82, 2.24) is 20.2 Å². The van der Waals surface area contributed by atoms with E-state index in [2.05, 4.69) is 20.2 Å². The van der Waals surface area contributed by atoms with Crippen LogP contribution >= 0.6 is 0 Å². The first-order valence-corrected chi connectivity index (χ1v) is 9.55. The van der Waals surface area contributed by atoms with E-state index in [4.69, 9.17) is 0 Å². The standard InChI is InChI=1S/C21H24N4O2/c1-14-12-23-19(13-22-14)21(27)24-16-10-17-7-8-18(11-16)25(17)20(26)9-15-5-3-2-4-6-15/h2-6,12-13,16-18H,7-11H2,1H3,(H,24,27). The summed E-state index contributed by atoms with van der Waals surface area (Å²) in [5, 5.41) is 3.09. The number of aromatic nitrogens is 2. The topological polar surface area (TPSA) is 75.2 Å². The predicted molar refractivity (Wildman–Crippen MR) is 101 cm³/mol. The Bertz CT molecular complexity index is 808. The molecule has 0 saturated carbocycles. The number of carbonyl (C=O) groups excluding carboxylic acids is 2. The van der Waals surface area contributed by atoms with Gasteiger partial charge in [-0.15, -0.1) is 0 Å². The number of fused-ring (bicyclic) bond motifs is 2. The van der Waals surface area contributed by atoms with E-state index in [0.29, 0.717) is 12.1 Å². The van der Waals surface area contributed by atoms with Crippen LogP contribution in [0.4, 0.5) is 0 Å². The SMILES string of the molecule is Cc1cnc(C(=O)NC2CC3CCC(C2)N3C(=O)Cc2ccccc2)cn1. The molecule has 6 nitrogen and oxygen atoms in total. The Labute approximate surface area is 159 Å². The van der Waals surface area contributed by atoms with E-state index in [9.17, 15) is 9.59 Å². The lowest BCUT2D eigenvalue weighted by atomic mass is 9.96. The number of benzene rings is 1. The van der Waals surface area contributed by atoms with Crippen molar-refractivity contribution in [3.8, 4) is 0 Å². The zero-order valence-electron chi connectivity index (χ0n) is 15.5. The van der Waals surface area contributed by atoms with Crippen LogP contribution in [0.15, 0.2) is 42.7 Å². The summed E-state index contributed by atoms with van der Waals surface area (Å²) >= 11 is 0. The van der Waals surface area contributed by atoms with Gasteiger partial charge in [0.15, 0.2) is 0 Å². The lowest BCUT2D eigenvalue weighted by Crippen LogP contribution is -2.52. The predicted octanol–water partition coefficient (Wildman–Crippen LogP) is 2.28. The third-order valence-corrected chi connectivity index (χ3v) is 5.57. The highest BCUT2D eigenvalue weighted by Crippen LogP contribution is 2.36. The fourth-order valence-corrected chi connectivity index (χ4v) is 4.33. The Kier molecular flexibility index (Phi) is 4.88. The van der Waals surface area contributed by atoms with Gasteiger partial charge in [-0.2, -0.15) is 0 Å². The molecule has 1 N–H and O–H groups in total. The molecule has 2 aliphatic heterocycles. The highest BCUT2D eigenvalue weighted by atomic mass is 16.2. The fourth-order valence-electron chi connectivity index (χ4n) is 4.33. The molecule has 2 saturated heterocycles. The number of rotatable bonds is 4. The summed E-state index contributed by atoms with van der Waals surface area (Å²) < 4.78 is 0. The van der Waals surface area contributed by atoms with Gasteiger partial charge in [-0.3, -0.25) is 14.6 Å². The second-order valence-corrected chi connectivity index (χ2v) is 7.53. The molecule has 0 radical (unpaired) electrons. The van der Waals surface area contributed by atoms with Crippen LogP contribution in [0, 0.1) is 6.92 Å². The smallest absolute Gasteiger partial charge is 0.271 e. The lowest BCUT2D eigenvalue weighted by Gasteiger charge is -2.39. The minimum Gasteiger partial charge on any atom is -0.348 e. The molecule has 140 valence electrons. The van der Waals surface area contributed by atoms with Crippen LogP contribution < -0.4 is 5.32 Å². The van der Waals surface area contributed by atoms with Crippen molar-refractivity contribution in [3.05, 3.63) is 59.7 Å². The lowest BCUT2D eigenvalue weighted by molar-refractivity contribution is -0.135. The summed E-state index contributed by atoms with van der Waals surface area (Å²) in [5.41, 5.74) is 2.18. The minimum absolute atomic E-state index is 0.0823. The van der Waals surface area contributed by atoms with Crippen LogP contribution in [-0.4, -0.2) is 44.8 Å². The van der Waals surface area contributed by atoms with Crippen molar-refractivity contribution in [2.75, 3.05) is 0 Å². The van der Waals surface area contributed by atoms with Crippen LogP contribution in [-0.2, 0) is 11.2 Å². The molecule has 2 aromatic rings. The van der Waals surface area contributed by atoms with Gasteiger partial charge >= 0.3 is 0 Å². The number of hydrogen-bond acceptors (Lipinski definition) is 4. The third-order valence-electron chi connectivity index (χ3n) is 5.57. The molecule has 2 fully saturated rings. The quantitative estimate of drug-likeness (QED) is 0.903. The van der Waals surface area contributed by atoms with Gasteiger partial charge in [0, 0.05) is 24.3 Å². The van der Waals surface area contributed by atoms with E-state index in [1.54, 1.807) is 6.20 Å². The number of nitrogens with one attached hydrogen (secondary N) is 1. The Morgan fingerprint density at radius 3 is 2.41 bits per heavy atom. The molecule has 0 spiro atoms. The summed E-state index contributed by atoms with van der Waals surface area (Å²) in [4.78, 5) is 35.6. The maximum absolute atomic E-state index is 12.8. The number of amides is 2. The van der Waals surface area contributed by atoms with E-state index in [-0.39, 0.29) is 29.9 Å². The zero-order chi connectivity index (χ0) is 18.8. The summed E-state index contributed by atoms with van der Waals surface area (Å²) in [6.07, 6.45) is 7.21. The van der Waals surface area contributed by atoms with Crippen LogP contribution in [0.3, 0.4) is 0 Å². The summed E-state index contributed by atoms with van der Waals surface area (Å²) in [6, 6.07) is 10.4. The summed E-state index contributed by atoms with van der Waals surface area (Å²) in [5.74, 6) is 0.0128. The van der Waals surface area contributed by atoms with Gasteiger partial charge in [-0.05, 0) is 38.2 Å². The Morgan fingerprint density at radius 1 is 1.07 bits per heavy atom. The van der Waals surface area contributed by atoms with Crippen molar-refractivity contribution in [2.24, 2.45) is 0 Å². The normalized spacial score (nSPS) is 23.9. The average molecular weight is 364 g/mol. The molecule has 2 bridgehead atoms. The van der Waals surface area contributed by atoms with Gasteiger partial charge in [0.25, 0.3) is 5.91 Å². The van der Waals surface area contributed by atoms with Crippen molar-refractivity contribution in [1.29, 1.82) is 0 Å². The summed E-state index contributed by atoms with van der Waals surface area (Å²) in [6.45, 7) is 1.84. The molecule has 27 heavy (non-hydrogen) atoms. The van der Waals surface area contributed by atoms with Crippen molar-refractivity contribution in [2.45, 2.75) is 57.2 Å². The van der Waals surface area contributed by atoms with E-state index in [0.717, 1.165) is 36.9 Å². The number of piperidine rings is 1. The van der Waals surface area contributed by atoms with Crippen molar-refractivity contribution >= 4 is 11.8 Å². The minimum atomic E-state index is -0.184. The van der Waals surface area contributed by atoms with Gasteiger partial charge in [0.2, 0.25) is 5.91 Å². The largest absolute Gasteiger partial charge is 0.348 e. The number of carbonyl (C=O) groups is 2. The number of hydrogen-bond donors (Lipinski definition) is 1. The van der Waals surface area contributed by atoms with E-state index < -0.39 is 0 Å². The highest BCUT2D eigenvalue weighted by Gasteiger charge is 2.43. The first-order chi connectivity index (χ1) is 13.1. The molecule has 2 amide bonds. The molecular weight excluding hydrogens is 340 g/mol. The van der Waals surface area contributed by atoms with Crippen LogP contribution in [0.5, 0.6) is 0 Å². The van der Waals surface area contributed by atoms with Gasteiger partial charge in [-0.25, -0.2) is 4.98 Å². The van der Waals surface area contributed by atoms with Gasteiger partial charge in [-0.1, -0.05) is 30.3 Å². The molecule has 3 heterocycles. The Balaban J connectivity index is 1.37. The van der Waals surface area contributed by atoms with Gasteiger partial charge in [0.1, 0.15) is 5.69 Å². The fraction of sp³-hybridized carbons (Fsp3) is 0.429. The number of aryl methyl sites for hydroxylation is 1. The maximum Gasteiger partial charge on any atom is 0.271 e. The average Bonchev–Trinajstić information content (AvgIpc) is 2.94.